The van der Waals surface area contributed by atoms with Crippen LogP contribution >= 0.6 is 0 Å². The topological polar surface area (TPSA) is 237 Å². The highest BCUT2D eigenvalue weighted by molar-refractivity contribution is 7.85. The van der Waals surface area contributed by atoms with Gasteiger partial charge in [0.1, 0.15) is 15.9 Å². The van der Waals surface area contributed by atoms with Crippen LogP contribution in [0.3, 0.4) is 0 Å². The van der Waals surface area contributed by atoms with Crippen LogP contribution in [0.15, 0.2) is 120 Å². The lowest BCUT2D eigenvalue weighted by molar-refractivity contribution is -0.275. The van der Waals surface area contributed by atoms with Crippen LogP contribution in [0.4, 0.5) is 65.9 Å². The van der Waals surface area contributed by atoms with Crippen molar-refractivity contribution in [1.29, 1.82) is 0 Å². The maximum atomic E-state index is 13.1. The number of rotatable bonds is 17. The van der Waals surface area contributed by atoms with Gasteiger partial charge in [0.2, 0.25) is 0 Å². The number of hydrogen-bond acceptors (Lipinski definition) is 13. The molecule has 8 rings (SSSR count). The molecule has 0 amide bonds. The zero-order valence-electron chi connectivity index (χ0n) is 63.7. The molecule has 2 N–H and O–H groups in total. The van der Waals surface area contributed by atoms with Crippen molar-refractivity contribution in [3.63, 3.8) is 0 Å². The quantitative estimate of drug-likeness (QED) is 0.0284. The number of alkyl halides is 15. The molecule has 6 aromatic carbocycles. The van der Waals surface area contributed by atoms with E-state index in [9.17, 15) is 108 Å². The van der Waals surface area contributed by atoms with Crippen molar-refractivity contribution in [2.75, 3.05) is 0 Å². The molecule has 0 aromatic heterocycles. The molecule has 2 aliphatic carbocycles. The van der Waals surface area contributed by atoms with E-state index in [2.05, 4.69) is 157 Å². The van der Waals surface area contributed by atoms with E-state index in [0.717, 1.165) is 48.0 Å². The zero-order valence-corrected chi connectivity index (χ0v) is 64.5. The van der Waals surface area contributed by atoms with Gasteiger partial charge in [0.15, 0.2) is 0 Å². The molecule has 31 heteroatoms. The molecule has 0 radical (unpaired) electrons. The van der Waals surface area contributed by atoms with E-state index in [4.69, 9.17) is 10.2 Å². The summed E-state index contributed by atoms with van der Waals surface area (Å²) < 4.78 is 239. The van der Waals surface area contributed by atoms with Crippen molar-refractivity contribution >= 4 is 46.4 Å². The van der Waals surface area contributed by atoms with Crippen molar-refractivity contribution in [2.45, 2.75) is 229 Å². The lowest BCUT2D eigenvalue weighted by Gasteiger charge is -2.30. The first-order valence-corrected chi connectivity index (χ1v) is 35.4. The molecule has 0 spiro atoms. The Hall–Kier alpha value is -9.00. The molecule has 0 saturated heterocycles. The fraction of sp³-hybridized carbons (Fsp3) is 0.475. The van der Waals surface area contributed by atoms with Gasteiger partial charge in [-0.2, -0.15) is 39.5 Å². The van der Waals surface area contributed by atoms with Gasteiger partial charge in [-0.1, -0.05) is 150 Å². The molecule has 2 aliphatic rings. The monoisotopic (exact) mass is 1610 g/mol. The first kappa shape index (κ1) is 100. The van der Waals surface area contributed by atoms with Gasteiger partial charge in [-0.05, 0) is 192 Å². The molecule has 2 fully saturated rings. The molecule has 7 atom stereocenters. The SMILES string of the molecule is C.CC(F)(F)C(OC(=O)C1C2CCC(C2)C1C(=O)O)C(F)(F)F.CC(F)(F)C(OC(=O)c1ccc(OC=O)cc1)C(F)(F)F.CC(F)(F)C(OC(=O)c1ccccc1C(=O)O)C(F)(F)F.Cc1c(C(C)C)cc(C(C)C)cc1C(C)C.Cc1cc(C)c(S(=O)(=O)[O-])c(C)c1.Cc1ccc(C)c(C)c1.Cc1ccc(C)cc1. The van der Waals surface area contributed by atoms with Gasteiger partial charge < -0.3 is 33.7 Å². The third kappa shape index (κ3) is 31.6. The van der Waals surface area contributed by atoms with Crippen LogP contribution in [0, 0.1) is 86.0 Å². The van der Waals surface area contributed by atoms with Crippen LogP contribution in [-0.4, -0.2) is 114 Å². The van der Waals surface area contributed by atoms with Gasteiger partial charge >= 0.3 is 48.4 Å². The minimum absolute atomic E-state index is 0. The number of aliphatic carboxylic acids is 1. The maximum absolute atomic E-state index is 13.1. The Kier molecular flexibility index (Phi) is 37.4. The van der Waals surface area contributed by atoms with Crippen molar-refractivity contribution in [3.05, 3.63) is 199 Å². The third-order valence-corrected chi connectivity index (χ3v) is 18.4. The number of aromatic carboxylic acids is 1. The maximum Gasteiger partial charge on any atom is 0.431 e. The summed E-state index contributed by atoms with van der Waals surface area (Å²) in [6.07, 6.45) is -25.7. The van der Waals surface area contributed by atoms with Crippen molar-refractivity contribution in [2.24, 2.45) is 23.7 Å². The summed E-state index contributed by atoms with van der Waals surface area (Å²) in [6, 6.07) is 31.5. The van der Waals surface area contributed by atoms with E-state index in [1.54, 1.807) is 26.0 Å². The van der Waals surface area contributed by atoms with Crippen LogP contribution in [0.1, 0.15) is 205 Å². The molecule has 2 saturated carbocycles. The summed E-state index contributed by atoms with van der Waals surface area (Å²) in [4.78, 5) is 66.9. The number of aryl methyl sites for hydroxylation is 8. The Labute approximate surface area is 637 Å². The van der Waals surface area contributed by atoms with Crippen molar-refractivity contribution < 1.29 is 137 Å². The van der Waals surface area contributed by atoms with E-state index < -0.39 is 129 Å². The first-order chi connectivity index (χ1) is 50.1. The fourth-order valence-corrected chi connectivity index (χ4v) is 12.8. The number of halogens is 15. The number of carbonyl (C=O) groups excluding carboxylic acids is 4. The van der Waals surface area contributed by atoms with Crippen LogP contribution in [-0.2, 0) is 38.7 Å². The Bertz CT molecular complexity index is 4060. The minimum Gasteiger partial charge on any atom is -0.744 e. The Morgan fingerprint density at radius 3 is 1.20 bits per heavy atom. The molecule has 618 valence electrons. The average molecular weight is 1610 g/mol. The van der Waals surface area contributed by atoms with E-state index in [1.807, 2.05) is 6.92 Å². The summed E-state index contributed by atoms with van der Waals surface area (Å²) >= 11 is 0. The summed E-state index contributed by atoms with van der Waals surface area (Å²) in [5.74, 6) is -22.0. The van der Waals surface area contributed by atoms with Gasteiger partial charge in [0.05, 0.1) is 33.4 Å². The standard InChI is InChI=1S/C16H26.C13H15F5O4.2C12H9F5O4.C9H12O3S.C9H12.C8H10.CH4/c1-10(2)14-8-15(11(3)4)13(7)16(9-14)12(5)6;1-12(14,15)11(13(16,17)18)22-10(21)8-6-3-2-5(4-6)7(8)9(19)20;1-11(13,14)10(12(15,16)17)21-9(19)7-2-4-8(5-3-7)20-6-18;1-11(13,14)10(12(15,16)17)21-9(20)7-5-3-2-4-6(7)8(18)19;1-6-4-7(2)9(8(3)5-6)13(10,11)12;1-7-4-5-8(2)9(3)6-7;1-7-3-5-8(2)6-4-7;/h8-12H,1-7H3;5-8,11H,2-4H2,1H3,(H,19,20);2-6,10H,1H3;2-5,10H,1H3,(H,18,19);4-5H,1-3H3,(H,10,11,12);4-6H,1-3H3;3-6H,1-2H3;1H4/p-1. The van der Waals surface area contributed by atoms with Gasteiger partial charge in [-0.25, -0.2) is 49.1 Å². The third-order valence-electron chi connectivity index (χ3n) is 17.2. The van der Waals surface area contributed by atoms with E-state index >= 15 is 0 Å². The molecule has 7 unspecified atom stereocenters. The molecule has 15 nitrogen and oxygen atoms in total. The highest BCUT2D eigenvalue weighted by Crippen LogP contribution is 2.53. The largest absolute Gasteiger partial charge is 0.744 e. The number of carboxylic acid groups (broad SMARTS) is 2. The van der Waals surface area contributed by atoms with Crippen molar-refractivity contribution in [3.8, 4) is 5.75 Å². The fourth-order valence-electron chi connectivity index (χ4n) is 11.9. The lowest BCUT2D eigenvalue weighted by atomic mass is 9.79. The lowest BCUT2D eigenvalue weighted by Crippen LogP contribution is -2.48. The smallest absolute Gasteiger partial charge is 0.431 e. The first-order valence-electron chi connectivity index (χ1n) is 34.0. The predicted molar refractivity (Wildman–Crippen MR) is 386 cm³/mol. The van der Waals surface area contributed by atoms with Crippen LogP contribution in [0.5, 0.6) is 5.75 Å². The van der Waals surface area contributed by atoms with Crippen LogP contribution in [0.25, 0.3) is 0 Å². The Balaban J connectivity index is 0.000000662. The highest BCUT2D eigenvalue weighted by Gasteiger charge is 2.61. The summed E-state index contributed by atoms with van der Waals surface area (Å²) in [5, 5.41) is 17.9. The molecule has 111 heavy (non-hydrogen) atoms. The Morgan fingerprint density at radius 1 is 0.477 bits per heavy atom. The number of ether oxygens (including phenoxy) is 4. The summed E-state index contributed by atoms with van der Waals surface area (Å²) in [7, 11) is -4.33. The molecule has 2 bridgehead atoms. The van der Waals surface area contributed by atoms with Crippen molar-refractivity contribution in [1.82, 2.24) is 0 Å². The molecular weight excluding hydrogens is 1520 g/mol. The predicted octanol–water partition coefficient (Wildman–Crippen LogP) is 21.4. The highest BCUT2D eigenvalue weighted by atomic mass is 32.2. The normalized spacial score (nSPS) is 16.2. The van der Waals surface area contributed by atoms with Gasteiger partial charge in [-0.15, -0.1) is 0 Å². The second-order valence-corrected chi connectivity index (χ2v) is 29.2. The average Bonchev–Trinajstić information content (AvgIpc) is 1.62. The number of benzene rings is 6. The number of esters is 3. The molecular formula is C80H96F15O15S-. The van der Waals surface area contributed by atoms with E-state index in [-0.39, 0.29) is 51.2 Å². The van der Waals surface area contributed by atoms with Crippen LogP contribution < -0.4 is 4.74 Å². The molecule has 6 aromatic rings. The van der Waals surface area contributed by atoms with E-state index in [0.29, 0.717) is 48.1 Å². The number of fused-ring (bicyclic) bond motifs is 2. The van der Waals surface area contributed by atoms with Gasteiger partial charge in [0, 0.05) is 20.8 Å². The summed E-state index contributed by atoms with van der Waals surface area (Å²) in [5.41, 5.74) is 13.0. The molecule has 0 heterocycles. The van der Waals surface area contributed by atoms with E-state index in [1.165, 1.54) is 56.1 Å². The van der Waals surface area contributed by atoms with Gasteiger partial charge in [0.25, 0.3) is 42.6 Å². The number of carbonyl (C=O) groups is 6. The minimum atomic E-state index is -5.49. The second kappa shape index (κ2) is 41.5. The van der Waals surface area contributed by atoms with Gasteiger partial charge in [-0.3, -0.25) is 14.4 Å². The molecule has 0 aliphatic heterocycles. The number of hydrogen-bond donors (Lipinski definition) is 2. The summed E-state index contributed by atoms with van der Waals surface area (Å²) in [6.45, 7) is 31.7. The second-order valence-electron chi connectivity index (χ2n) is 27.9. The Morgan fingerprint density at radius 2 is 0.856 bits per heavy atom. The zero-order chi connectivity index (χ0) is 85.1. The van der Waals surface area contributed by atoms with Crippen LogP contribution in [0.2, 0.25) is 0 Å². The number of carboxylic acids is 2.